The highest BCUT2D eigenvalue weighted by Crippen LogP contribution is 2.48. The molecule has 174 valence electrons. The fraction of sp³-hybridized carbons (Fsp3) is 0.808. The average molecular weight is 432 g/mol. The first-order valence-corrected chi connectivity index (χ1v) is 12.7. The molecule has 0 radical (unpaired) electrons. The van der Waals surface area contributed by atoms with Gasteiger partial charge in [0, 0.05) is 25.4 Å². The van der Waals surface area contributed by atoms with Crippen LogP contribution in [0.3, 0.4) is 0 Å². The van der Waals surface area contributed by atoms with Crippen molar-refractivity contribution in [1.82, 2.24) is 4.90 Å². The molecule has 2 saturated carbocycles. The van der Waals surface area contributed by atoms with Gasteiger partial charge >= 0.3 is 0 Å². The van der Waals surface area contributed by atoms with Crippen LogP contribution in [0.5, 0.6) is 0 Å². The number of aliphatic hydroxyl groups excluding tert-OH is 2. The maximum Gasteiger partial charge on any atom is 0.222 e. The van der Waals surface area contributed by atoms with Gasteiger partial charge in [0.25, 0.3) is 0 Å². The Morgan fingerprint density at radius 1 is 1.19 bits per heavy atom. The Morgan fingerprint density at radius 2 is 1.97 bits per heavy atom. The minimum Gasteiger partial charge on any atom is -0.392 e. The van der Waals surface area contributed by atoms with Gasteiger partial charge in [-0.25, -0.2) is 0 Å². The number of aliphatic hydroxyl groups is 2. The number of rotatable bonds is 8. The maximum atomic E-state index is 12.3. The molecule has 5 atom stereocenters. The van der Waals surface area contributed by atoms with Gasteiger partial charge in [-0.2, -0.15) is 0 Å². The van der Waals surface area contributed by atoms with E-state index in [0.29, 0.717) is 37.4 Å². The van der Waals surface area contributed by atoms with Crippen molar-refractivity contribution in [3.8, 4) is 0 Å². The lowest BCUT2D eigenvalue weighted by molar-refractivity contribution is -0.135. The molecule has 4 aliphatic rings. The third kappa shape index (κ3) is 6.00. The molecule has 3 aliphatic carbocycles. The zero-order valence-electron chi connectivity index (χ0n) is 19.0. The zero-order valence-corrected chi connectivity index (χ0v) is 19.0. The van der Waals surface area contributed by atoms with Gasteiger partial charge in [-0.3, -0.25) is 4.79 Å². The second-order valence-electron chi connectivity index (χ2n) is 10.2. The smallest absolute Gasteiger partial charge is 0.222 e. The summed E-state index contributed by atoms with van der Waals surface area (Å²) in [5, 5.41) is 21.2. The predicted octanol–water partition coefficient (Wildman–Crippen LogP) is 3.85. The summed E-state index contributed by atoms with van der Waals surface area (Å²) in [6.07, 6.45) is 17.5. The van der Waals surface area contributed by atoms with Gasteiger partial charge < -0.3 is 19.8 Å². The van der Waals surface area contributed by atoms with Crippen LogP contribution in [0.4, 0.5) is 0 Å². The molecule has 0 bridgehead atoms. The largest absolute Gasteiger partial charge is 0.392 e. The van der Waals surface area contributed by atoms with Crippen molar-refractivity contribution < 1.29 is 19.7 Å². The Kier molecular flexibility index (Phi) is 8.24. The van der Waals surface area contributed by atoms with E-state index in [1.165, 1.54) is 24.8 Å². The van der Waals surface area contributed by atoms with E-state index < -0.39 is 0 Å². The van der Waals surface area contributed by atoms with E-state index in [4.69, 9.17) is 4.74 Å². The highest BCUT2D eigenvalue weighted by molar-refractivity contribution is 5.76. The summed E-state index contributed by atoms with van der Waals surface area (Å²) in [4.78, 5) is 14.2. The van der Waals surface area contributed by atoms with Gasteiger partial charge in [-0.15, -0.1) is 0 Å². The van der Waals surface area contributed by atoms with Crippen molar-refractivity contribution in [2.24, 2.45) is 23.7 Å². The van der Waals surface area contributed by atoms with Crippen LogP contribution in [-0.2, 0) is 9.53 Å². The number of hydrogen-bond donors (Lipinski definition) is 2. The number of carbonyl (C=O) groups is 1. The molecule has 2 N–H and O–H groups in total. The lowest BCUT2D eigenvalue weighted by atomic mass is 9.83. The van der Waals surface area contributed by atoms with Crippen LogP contribution >= 0.6 is 0 Å². The fourth-order valence-electron chi connectivity index (χ4n) is 6.26. The van der Waals surface area contributed by atoms with Crippen LogP contribution in [-0.4, -0.2) is 59.5 Å². The highest BCUT2D eigenvalue weighted by Gasteiger charge is 2.43. The van der Waals surface area contributed by atoms with Crippen LogP contribution in [0.25, 0.3) is 0 Å². The number of fused-ring (bicyclic) bond motifs is 1. The van der Waals surface area contributed by atoms with Gasteiger partial charge in [0.1, 0.15) is 0 Å². The molecule has 0 aromatic rings. The Morgan fingerprint density at radius 3 is 2.74 bits per heavy atom. The first kappa shape index (κ1) is 23.0. The molecule has 5 nitrogen and oxygen atoms in total. The Balaban J connectivity index is 1.19. The molecule has 0 aromatic carbocycles. The molecule has 5 heteroatoms. The van der Waals surface area contributed by atoms with E-state index in [2.05, 4.69) is 12.2 Å². The van der Waals surface area contributed by atoms with Crippen LogP contribution in [0.15, 0.2) is 23.8 Å². The van der Waals surface area contributed by atoms with Crippen molar-refractivity contribution >= 4 is 5.91 Å². The molecule has 1 amide bonds. The van der Waals surface area contributed by atoms with Gasteiger partial charge in [0.2, 0.25) is 5.91 Å². The van der Waals surface area contributed by atoms with Crippen LogP contribution < -0.4 is 0 Å². The second-order valence-corrected chi connectivity index (χ2v) is 10.2. The summed E-state index contributed by atoms with van der Waals surface area (Å²) in [5.41, 5.74) is 1.51. The molecule has 3 fully saturated rings. The minimum absolute atomic E-state index is 0.167. The number of carbonyl (C=O) groups excluding carboxylic acids is 1. The molecule has 4 rings (SSSR count). The third-order valence-electron chi connectivity index (χ3n) is 8.12. The summed E-state index contributed by atoms with van der Waals surface area (Å²) in [6.45, 7) is 2.81. The number of hydrogen-bond acceptors (Lipinski definition) is 4. The molecule has 0 spiro atoms. The van der Waals surface area contributed by atoms with E-state index in [1.54, 1.807) is 0 Å². The Labute approximate surface area is 187 Å². The number of unbranched alkanes of at least 4 members (excludes halogenated alkanes) is 1. The average Bonchev–Trinajstić information content (AvgIpc) is 3.32. The quantitative estimate of drug-likeness (QED) is 0.452. The topological polar surface area (TPSA) is 70.0 Å². The van der Waals surface area contributed by atoms with E-state index in [-0.39, 0.29) is 24.0 Å². The second kappa shape index (κ2) is 11.1. The molecule has 1 heterocycles. The first-order valence-electron chi connectivity index (χ1n) is 12.7. The summed E-state index contributed by atoms with van der Waals surface area (Å²) in [6, 6.07) is 0. The van der Waals surface area contributed by atoms with Gasteiger partial charge in [-0.1, -0.05) is 43.1 Å². The lowest BCUT2D eigenvalue weighted by Crippen LogP contribution is -2.40. The zero-order chi connectivity index (χ0) is 21.6. The normalized spacial score (nSPS) is 33.0. The van der Waals surface area contributed by atoms with E-state index in [9.17, 15) is 15.0 Å². The maximum absolute atomic E-state index is 12.3. The number of morpholine rings is 1. The Hall–Kier alpha value is -1.17. The van der Waals surface area contributed by atoms with Crippen molar-refractivity contribution in [2.75, 3.05) is 26.3 Å². The highest BCUT2D eigenvalue weighted by atomic mass is 16.5. The van der Waals surface area contributed by atoms with Gasteiger partial charge in [-0.05, 0) is 62.7 Å². The minimum atomic E-state index is -0.357. The number of allylic oxidation sites excluding steroid dienone is 2. The molecule has 1 aliphatic heterocycles. The lowest BCUT2D eigenvalue weighted by Gasteiger charge is -2.26. The van der Waals surface area contributed by atoms with E-state index in [0.717, 1.165) is 58.0 Å². The SMILES string of the molecule is O=C(CCCCC1=C[C@H]2C[C@@H](O)[C@H](/C=C/[C@@H](O)C3CCCCC3)[C@H]2C1)N1CCOCC1. The van der Waals surface area contributed by atoms with E-state index >= 15 is 0 Å². The van der Waals surface area contributed by atoms with Crippen LogP contribution in [0.1, 0.15) is 70.6 Å². The molecular weight excluding hydrogens is 390 g/mol. The molecule has 1 saturated heterocycles. The predicted molar refractivity (Wildman–Crippen MR) is 121 cm³/mol. The van der Waals surface area contributed by atoms with Crippen molar-refractivity contribution in [3.05, 3.63) is 23.8 Å². The molecule has 31 heavy (non-hydrogen) atoms. The van der Waals surface area contributed by atoms with Gasteiger partial charge in [0.05, 0.1) is 25.4 Å². The van der Waals surface area contributed by atoms with Gasteiger partial charge in [0.15, 0.2) is 0 Å². The fourth-order valence-corrected chi connectivity index (χ4v) is 6.26. The Bertz CT molecular complexity index is 648. The molecular formula is C26H41NO4. The van der Waals surface area contributed by atoms with Crippen molar-refractivity contribution in [1.29, 1.82) is 0 Å². The molecule has 0 aromatic heterocycles. The van der Waals surface area contributed by atoms with E-state index in [1.807, 2.05) is 11.0 Å². The summed E-state index contributed by atoms with van der Waals surface area (Å²) >= 11 is 0. The number of ether oxygens (including phenoxy) is 1. The van der Waals surface area contributed by atoms with Crippen LogP contribution in [0.2, 0.25) is 0 Å². The summed E-state index contributed by atoms with van der Waals surface area (Å²) in [5.74, 6) is 1.79. The standard InChI is InChI=1S/C26H41NO4/c28-24(20-7-2-1-3-8-20)11-10-22-23-17-19(16-21(23)18-25(22)29)6-4-5-9-26(30)27-12-14-31-15-13-27/h10-11,16,20-25,28-29H,1-9,12-15,17-18H2/b11-10+/t21-,22+,23-,24+,25+/m0/s1. The third-order valence-corrected chi connectivity index (χ3v) is 8.12. The summed E-state index contributed by atoms with van der Waals surface area (Å²) in [7, 11) is 0. The number of nitrogens with zero attached hydrogens (tertiary/aromatic N) is 1. The molecule has 0 unspecified atom stereocenters. The van der Waals surface area contributed by atoms with Crippen molar-refractivity contribution in [2.45, 2.75) is 82.8 Å². The summed E-state index contributed by atoms with van der Waals surface area (Å²) < 4.78 is 5.32. The monoisotopic (exact) mass is 431 g/mol. The van der Waals surface area contributed by atoms with Crippen LogP contribution in [0, 0.1) is 23.7 Å². The first-order chi connectivity index (χ1) is 15.1. The number of amides is 1. The van der Waals surface area contributed by atoms with Crippen molar-refractivity contribution in [3.63, 3.8) is 0 Å².